The van der Waals surface area contributed by atoms with Gasteiger partial charge in [-0.15, -0.1) is 0 Å². The Morgan fingerprint density at radius 2 is 1.81 bits per heavy atom. The smallest absolute Gasteiger partial charge is 0.342 e. The van der Waals surface area contributed by atoms with Gasteiger partial charge in [-0.05, 0) is 26.3 Å². The third kappa shape index (κ3) is 3.17. The number of hydrogen-bond donors (Lipinski definition) is 0. The third-order valence-corrected chi connectivity index (χ3v) is 6.12. The van der Waals surface area contributed by atoms with Crippen LogP contribution in [0, 0.1) is 6.92 Å². The molecule has 0 radical (unpaired) electrons. The van der Waals surface area contributed by atoms with Gasteiger partial charge in [0.05, 0.1) is 6.61 Å². The number of aryl methyl sites for hydroxylation is 1. The zero-order chi connectivity index (χ0) is 21.5. The van der Waals surface area contributed by atoms with Crippen LogP contribution in [-0.4, -0.2) is 24.2 Å². The average Bonchev–Trinajstić information content (AvgIpc) is 3.16. The predicted molar refractivity (Wildman–Crippen MR) is 120 cm³/mol. The fourth-order valence-electron chi connectivity index (χ4n) is 4.53. The van der Waals surface area contributed by atoms with Gasteiger partial charge in [-0.1, -0.05) is 54.6 Å². The van der Waals surface area contributed by atoms with Crippen molar-refractivity contribution in [1.29, 1.82) is 0 Å². The Kier molecular flexibility index (Phi) is 4.91. The first-order valence-electron chi connectivity index (χ1n) is 10.7. The quantitative estimate of drug-likeness (QED) is 0.384. The molecule has 5 heteroatoms. The van der Waals surface area contributed by atoms with Crippen molar-refractivity contribution in [3.05, 3.63) is 77.0 Å². The van der Waals surface area contributed by atoms with E-state index in [1.54, 1.807) is 0 Å². The van der Waals surface area contributed by atoms with E-state index in [1.165, 1.54) is 5.56 Å². The Labute approximate surface area is 181 Å². The molecule has 31 heavy (non-hydrogen) atoms. The first-order chi connectivity index (χ1) is 15.1. The lowest BCUT2D eigenvalue weighted by molar-refractivity contribution is 0.0525. The van der Waals surface area contributed by atoms with Crippen molar-refractivity contribution in [2.45, 2.75) is 33.4 Å². The number of benzene rings is 3. The van der Waals surface area contributed by atoms with E-state index in [0.717, 1.165) is 27.5 Å². The largest absolute Gasteiger partial charge is 0.477 e. The van der Waals surface area contributed by atoms with Crippen molar-refractivity contribution in [2.75, 3.05) is 13.3 Å². The van der Waals surface area contributed by atoms with Crippen LogP contribution >= 0.6 is 0 Å². The minimum atomic E-state index is -0.357. The van der Waals surface area contributed by atoms with Crippen LogP contribution in [0.2, 0.25) is 0 Å². The van der Waals surface area contributed by atoms with E-state index in [4.69, 9.17) is 13.9 Å². The molecule has 5 rings (SSSR count). The van der Waals surface area contributed by atoms with Gasteiger partial charge in [0.25, 0.3) is 0 Å². The number of carbonyl (C=O) groups excluding carboxylic acids is 1. The third-order valence-electron chi connectivity index (χ3n) is 6.12. The predicted octanol–water partition coefficient (Wildman–Crippen LogP) is 5.98. The molecule has 0 amide bonds. The normalized spacial score (nSPS) is 14.9. The van der Waals surface area contributed by atoms with E-state index in [9.17, 15) is 4.79 Å². The van der Waals surface area contributed by atoms with Gasteiger partial charge >= 0.3 is 5.97 Å². The molecule has 0 fully saturated rings. The fourth-order valence-corrected chi connectivity index (χ4v) is 4.53. The van der Waals surface area contributed by atoms with Crippen LogP contribution in [0.15, 0.2) is 59.0 Å². The van der Waals surface area contributed by atoms with Gasteiger partial charge in [0.2, 0.25) is 0 Å². The van der Waals surface area contributed by atoms with Gasteiger partial charge in [0.1, 0.15) is 29.4 Å². The lowest BCUT2D eigenvalue weighted by Crippen LogP contribution is -2.34. The molecule has 0 saturated carbocycles. The number of esters is 1. The molecule has 158 valence electrons. The van der Waals surface area contributed by atoms with Gasteiger partial charge in [-0.2, -0.15) is 0 Å². The summed E-state index contributed by atoms with van der Waals surface area (Å²) in [5, 5.41) is 2.75. The molecule has 0 bridgehead atoms. The van der Waals surface area contributed by atoms with Gasteiger partial charge < -0.3 is 13.9 Å². The monoisotopic (exact) mass is 415 g/mol. The molecular weight excluding hydrogens is 390 g/mol. The topological polar surface area (TPSA) is 51.9 Å². The highest BCUT2D eigenvalue weighted by molar-refractivity contribution is 6.16. The maximum atomic E-state index is 12.9. The molecule has 0 spiro atoms. The Morgan fingerprint density at radius 3 is 2.55 bits per heavy atom. The highest BCUT2D eigenvalue weighted by Gasteiger charge is 2.31. The Balaban J connectivity index is 1.72. The molecule has 0 saturated heterocycles. The van der Waals surface area contributed by atoms with Crippen LogP contribution in [0.25, 0.3) is 21.7 Å². The van der Waals surface area contributed by atoms with E-state index in [-0.39, 0.29) is 12.0 Å². The van der Waals surface area contributed by atoms with Gasteiger partial charge in [-0.25, -0.2) is 4.79 Å². The summed E-state index contributed by atoms with van der Waals surface area (Å²) in [5.74, 6) is 1.04. The van der Waals surface area contributed by atoms with Gasteiger partial charge in [0.15, 0.2) is 0 Å². The Hall–Kier alpha value is -3.31. The summed E-state index contributed by atoms with van der Waals surface area (Å²) in [4.78, 5) is 15.1. The molecular formula is C26H25NO4. The van der Waals surface area contributed by atoms with Crippen molar-refractivity contribution in [3.8, 4) is 5.75 Å². The fraction of sp³-hybridized carbons (Fsp3) is 0.269. The summed E-state index contributed by atoms with van der Waals surface area (Å²) in [5.41, 5.74) is 3.41. The molecule has 1 aliphatic heterocycles. The molecule has 2 heterocycles. The molecule has 1 aliphatic rings. The highest BCUT2D eigenvalue weighted by Crippen LogP contribution is 2.45. The number of rotatable bonds is 4. The van der Waals surface area contributed by atoms with Crippen LogP contribution in [-0.2, 0) is 11.3 Å². The maximum absolute atomic E-state index is 12.9. The minimum Gasteiger partial charge on any atom is -0.477 e. The highest BCUT2D eigenvalue weighted by atomic mass is 16.5. The van der Waals surface area contributed by atoms with E-state index < -0.39 is 0 Å². The summed E-state index contributed by atoms with van der Waals surface area (Å²) in [7, 11) is 0. The summed E-state index contributed by atoms with van der Waals surface area (Å²) in [6, 6.07) is 18.6. The molecule has 0 unspecified atom stereocenters. The summed E-state index contributed by atoms with van der Waals surface area (Å²) >= 11 is 0. The van der Waals surface area contributed by atoms with E-state index in [2.05, 4.69) is 36.1 Å². The molecule has 0 N–H and O–H groups in total. The minimum absolute atomic E-state index is 0.162. The number of nitrogens with zero attached hydrogens (tertiary/aromatic N) is 1. The van der Waals surface area contributed by atoms with Crippen LogP contribution < -0.4 is 4.74 Å². The lowest BCUT2D eigenvalue weighted by Gasteiger charge is -2.34. The zero-order valence-electron chi connectivity index (χ0n) is 18.0. The van der Waals surface area contributed by atoms with Crippen LogP contribution in [0.4, 0.5) is 0 Å². The Morgan fingerprint density at radius 1 is 1.10 bits per heavy atom. The first kappa shape index (κ1) is 19.6. The standard InChI is InChI=1S/C26H25NO4/c1-4-29-26(28)22-17(3)31-25-20-13-9-8-12-19(20)24-21(23(22)25)14-27(15-30-24)16(2)18-10-6-5-7-11-18/h5-13,16H,4,14-15H2,1-3H3/t16-/m0/s1. The van der Waals surface area contributed by atoms with E-state index in [0.29, 0.717) is 36.8 Å². The van der Waals surface area contributed by atoms with Gasteiger partial charge in [0, 0.05) is 34.3 Å². The molecule has 4 aromatic rings. The van der Waals surface area contributed by atoms with Crippen LogP contribution in [0.3, 0.4) is 0 Å². The van der Waals surface area contributed by atoms with E-state index in [1.807, 2.05) is 44.2 Å². The van der Waals surface area contributed by atoms with Crippen molar-refractivity contribution in [2.24, 2.45) is 0 Å². The SMILES string of the molecule is CCOC(=O)c1c(C)oc2c1c1c(c3ccccc32)OCN([C@@H](C)c2ccccc2)C1. The second-order valence-corrected chi connectivity index (χ2v) is 7.92. The number of furan rings is 1. The summed E-state index contributed by atoms with van der Waals surface area (Å²) in [6.07, 6.45) is 0. The number of carbonyl (C=O) groups is 1. The molecule has 1 aromatic heterocycles. The summed E-state index contributed by atoms with van der Waals surface area (Å²) in [6.45, 7) is 7.25. The molecule has 3 aromatic carbocycles. The van der Waals surface area contributed by atoms with Gasteiger partial charge in [-0.3, -0.25) is 4.90 Å². The van der Waals surface area contributed by atoms with E-state index >= 15 is 0 Å². The molecule has 0 aliphatic carbocycles. The van der Waals surface area contributed by atoms with Crippen molar-refractivity contribution >= 4 is 27.7 Å². The number of fused-ring (bicyclic) bond motifs is 6. The first-order valence-corrected chi connectivity index (χ1v) is 10.7. The number of hydrogen-bond acceptors (Lipinski definition) is 5. The van der Waals surface area contributed by atoms with Crippen LogP contribution in [0.1, 0.15) is 47.1 Å². The maximum Gasteiger partial charge on any atom is 0.342 e. The molecule has 5 nitrogen and oxygen atoms in total. The second kappa shape index (κ2) is 7.75. The zero-order valence-corrected chi connectivity index (χ0v) is 18.0. The van der Waals surface area contributed by atoms with Crippen molar-refractivity contribution < 1.29 is 18.7 Å². The number of ether oxygens (including phenoxy) is 2. The molecule has 1 atom stereocenters. The second-order valence-electron chi connectivity index (χ2n) is 7.92. The van der Waals surface area contributed by atoms with Crippen LogP contribution in [0.5, 0.6) is 5.75 Å². The Bertz CT molecular complexity index is 1280. The van der Waals surface area contributed by atoms with Crippen molar-refractivity contribution in [3.63, 3.8) is 0 Å². The summed E-state index contributed by atoms with van der Waals surface area (Å²) < 4.78 is 17.9. The van der Waals surface area contributed by atoms with Crippen molar-refractivity contribution in [1.82, 2.24) is 4.90 Å². The average molecular weight is 415 g/mol. The lowest BCUT2D eigenvalue weighted by atomic mass is 9.96.